The van der Waals surface area contributed by atoms with Gasteiger partial charge in [0.05, 0.1) is 0 Å². The first-order valence-electron chi connectivity index (χ1n) is 6.05. The number of carbonyl (C=O) groups excluding carboxylic acids is 1. The van der Waals surface area contributed by atoms with Crippen molar-refractivity contribution in [2.45, 2.75) is 6.42 Å². The van der Waals surface area contributed by atoms with Gasteiger partial charge in [-0.2, -0.15) is 0 Å². The van der Waals surface area contributed by atoms with Crippen molar-refractivity contribution in [1.82, 2.24) is 0 Å². The van der Waals surface area contributed by atoms with E-state index in [1.54, 1.807) is 30.3 Å². The number of hydrogen-bond donors (Lipinski definition) is 1. The first kappa shape index (κ1) is 14.5. The van der Waals surface area contributed by atoms with Gasteiger partial charge >= 0.3 is 0 Å². The number of halogens is 2. The van der Waals surface area contributed by atoms with Gasteiger partial charge in [0, 0.05) is 16.6 Å². The molecule has 0 aliphatic rings. The summed E-state index contributed by atoms with van der Waals surface area (Å²) in [5, 5.41) is 0. The fourth-order valence-corrected chi connectivity index (χ4v) is 2.04. The number of rotatable bonds is 4. The monoisotopic (exact) mass is 333 g/mol. The molecule has 4 heteroatoms. The zero-order valence-corrected chi connectivity index (χ0v) is 12.2. The van der Waals surface area contributed by atoms with Crippen molar-refractivity contribution < 1.29 is 9.18 Å². The van der Waals surface area contributed by atoms with Gasteiger partial charge in [-0.15, -0.1) is 0 Å². The zero-order chi connectivity index (χ0) is 14.5. The summed E-state index contributed by atoms with van der Waals surface area (Å²) in [6.07, 6.45) is 3.19. The van der Waals surface area contributed by atoms with Crippen LogP contribution in [0.15, 0.2) is 53.0 Å². The maximum Gasteiger partial charge on any atom is 0.160 e. The molecule has 0 spiro atoms. The van der Waals surface area contributed by atoms with Crippen LogP contribution < -0.4 is 5.73 Å². The van der Waals surface area contributed by atoms with Gasteiger partial charge in [0.25, 0.3) is 0 Å². The maximum atomic E-state index is 13.6. The maximum absolute atomic E-state index is 13.6. The molecule has 0 amide bonds. The van der Waals surface area contributed by atoms with E-state index < -0.39 is 0 Å². The van der Waals surface area contributed by atoms with E-state index in [2.05, 4.69) is 15.9 Å². The lowest BCUT2D eigenvalue weighted by Gasteiger charge is -2.01. The molecule has 0 saturated heterocycles. The molecule has 2 N–H and O–H groups in total. The summed E-state index contributed by atoms with van der Waals surface area (Å²) in [5.41, 5.74) is 7.52. The average Bonchev–Trinajstić information content (AvgIpc) is 2.41. The third-order valence-corrected chi connectivity index (χ3v) is 3.27. The average molecular weight is 334 g/mol. The fourth-order valence-electron chi connectivity index (χ4n) is 1.71. The van der Waals surface area contributed by atoms with Crippen LogP contribution in [-0.2, 0) is 11.2 Å². The minimum atomic E-state index is -0.381. The Morgan fingerprint density at radius 1 is 1.20 bits per heavy atom. The van der Waals surface area contributed by atoms with Crippen LogP contribution in [0.5, 0.6) is 0 Å². The smallest absolute Gasteiger partial charge is 0.160 e. The Bertz CT molecular complexity index is 650. The van der Waals surface area contributed by atoms with Crippen molar-refractivity contribution in [3.8, 4) is 0 Å². The predicted octanol–water partition coefficient (Wildman–Crippen LogP) is 4.00. The molecular weight excluding hydrogens is 321 g/mol. The Morgan fingerprint density at radius 3 is 2.55 bits per heavy atom. The number of anilines is 1. The molecule has 0 aromatic heterocycles. The van der Waals surface area contributed by atoms with Crippen LogP contribution in [0, 0.1) is 5.82 Å². The first-order valence-corrected chi connectivity index (χ1v) is 6.84. The third kappa shape index (κ3) is 4.03. The van der Waals surface area contributed by atoms with Crippen molar-refractivity contribution in [3.63, 3.8) is 0 Å². The molecule has 2 rings (SSSR count). The summed E-state index contributed by atoms with van der Waals surface area (Å²) in [6, 6.07) is 11.8. The summed E-state index contributed by atoms with van der Waals surface area (Å²) >= 11 is 3.18. The molecule has 0 atom stereocenters. The Labute approximate surface area is 125 Å². The number of allylic oxidation sites excluding steroid dienone is 1. The number of benzene rings is 2. The minimum absolute atomic E-state index is 0.0462. The molecule has 102 valence electrons. The van der Waals surface area contributed by atoms with E-state index in [0.29, 0.717) is 15.7 Å². The third-order valence-electron chi connectivity index (χ3n) is 2.78. The van der Waals surface area contributed by atoms with E-state index in [4.69, 9.17) is 5.73 Å². The molecule has 2 nitrogen and oxygen atoms in total. The normalized spacial score (nSPS) is 10.9. The summed E-state index contributed by atoms with van der Waals surface area (Å²) in [4.78, 5) is 11.8. The Morgan fingerprint density at radius 2 is 1.90 bits per heavy atom. The summed E-state index contributed by atoms with van der Waals surface area (Å²) in [6.45, 7) is 0. The van der Waals surface area contributed by atoms with Crippen LogP contribution >= 0.6 is 15.9 Å². The van der Waals surface area contributed by atoms with Crippen molar-refractivity contribution >= 4 is 33.5 Å². The van der Waals surface area contributed by atoms with Crippen molar-refractivity contribution in [3.05, 3.63) is 70.0 Å². The lowest BCUT2D eigenvalue weighted by atomic mass is 10.1. The summed E-state index contributed by atoms with van der Waals surface area (Å²) < 4.78 is 14.3. The van der Waals surface area contributed by atoms with Crippen molar-refractivity contribution in [1.29, 1.82) is 0 Å². The Hall–Kier alpha value is -1.94. The Kier molecular flexibility index (Phi) is 4.69. The Balaban J connectivity index is 2.03. The van der Waals surface area contributed by atoms with Gasteiger partial charge in [-0.3, -0.25) is 4.79 Å². The molecule has 0 aliphatic heterocycles. The first-order chi connectivity index (χ1) is 9.54. The number of carbonyl (C=O) groups is 1. The lowest BCUT2D eigenvalue weighted by Crippen LogP contribution is -2.00. The van der Waals surface area contributed by atoms with E-state index in [1.165, 1.54) is 12.1 Å². The summed E-state index contributed by atoms with van der Waals surface area (Å²) in [7, 11) is 0. The van der Waals surface area contributed by atoms with Gasteiger partial charge in [0.15, 0.2) is 5.78 Å². The highest BCUT2D eigenvalue weighted by molar-refractivity contribution is 9.10. The van der Waals surface area contributed by atoms with Crippen LogP contribution in [0.25, 0.3) is 6.08 Å². The second-order valence-corrected chi connectivity index (χ2v) is 5.29. The van der Waals surface area contributed by atoms with Gasteiger partial charge < -0.3 is 5.73 Å². The van der Waals surface area contributed by atoms with Crippen LogP contribution in [0.4, 0.5) is 10.1 Å². The van der Waals surface area contributed by atoms with Crippen molar-refractivity contribution in [2.24, 2.45) is 0 Å². The molecule has 0 fully saturated rings. The van der Waals surface area contributed by atoms with E-state index in [9.17, 15) is 9.18 Å². The van der Waals surface area contributed by atoms with Crippen LogP contribution in [0.3, 0.4) is 0 Å². The molecule has 20 heavy (non-hydrogen) atoms. The van der Waals surface area contributed by atoms with Crippen LogP contribution in [-0.4, -0.2) is 5.78 Å². The highest BCUT2D eigenvalue weighted by Gasteiger charge is 2.06. The van der Waals surface area contributed by atoms with Crippen LogP contribution in [0.1, 0.15) is 11.1 Å². The SMILES string of the molecule is Nc1ccc(/C=C/C(=O)Cc2ccc(Br)cc2F)cc1. The van der Waals surface area contributed by atoms with E-state index in [0.717, 1.165) is 5.56 Å². The number of nitrogens with two attached hydrogens (primary N) is 1. The fraction of sp³-hybridized carbons (Fsp3) is 0.0625. The van der Waals surface area contributed by atoms with E-state index in [1.807, 2.05) is 12.1 Å². The molecule has 0 saturated carbocycles. The largest absolute Gasteiger partial charge is 0.399 e. The quantitative estimate of drug-likeness (QED) is 0.678. The molecule has 2 aromatic rings. The standard InChI is InChI=1S/C16H13BrFNO/c17-13-5-4-12(16(18)10-13)9-15(20)8-3-11-1-6-14(19)7-2-11/h1-8,10H,9,19H2/b8-3+. The molecule has 0 unspecified atom stereocenters. The highest BCUT2D eigenvalue weighted by atomic mass is 79.9. The van der Waals surface area contributed by atoms with E-state index in [-0.39, 0.29) is 18.0 Å². The number of nitrogen functional groups attached to an aromatic ring is 1. The van der Waals surface area contributed by atoms with Gasteiger partial charge in [-0.25, -0.2) is 4.39 Å². The number of ketones is 1. The molecule has 0 heterocycles. The zero-order valence-electron chi connectivity index (χ0n) is 10.6. The number of hydrogen-bond acceptors (Lipinski definition) is 2. The molecule has 0 bridgehead atoms. The van der Waals surface area contributed by atoms with Gasteiger partial charge in [0.1, 0.15) is 5.82 Å². The topological polar surface area (TPSA) is 43.1 Å². The van der Waals surface area contributed by atoms with Gasteiger partial charge in [-0.1, -0.05) is 40.2 Å². The highest BCUT2D eigenvalue weighted by Crippen LogP contribution is 2.16. The molecule has 0 radical (unpaired) electrons. The summed E-state index contributed by atoms with van der Waals surface area (Å²) in [5.74, 6) is -0.531. The van der Waals surface area contributed by atoms with Gasteiger partial charge in [-0.05, 0) is 41.5 Å². The molecule has 2 aromatic carbocycles. The second kappa shape index (κ2) is 6.48. The van der Waals surface area contributed by atoms with Gasteiger partial charge in [0.2, 0.25) is 0 Å². The van der Waals surface area contributed by atoms with Crippen molar-refractivity contribution in [2.75, 3.05) is 5.73 Å². The van der Waals surface area contributed by atoms with Crippen LogP contribution in [0.2, 0.25) is 0 Å². The molecule has 0 aliphatic carbocycles. The minimum Gasteiger partial charge on any atom is -0.399 e. The molecular formula is C16H13BrFNO. The predicted molar refractivity (Wildman–Crippen MR) is 82.7 cm³/mol. The lowest BCUT2D eigenvalue weighted by molar-refractivity contribution is -0.114. The second-order valence-electron chi connectivity index (χ2n) is 4.38. The van der Waals surface area contributed by atoms with E-state index >= 15 is 0 Å².